The molecule has 73 heavy (non-hydrogen) atoms. The summed E-state index contributed by atoms with van der Waals surface area (Å²) in [5.41, 5.74) is 16.2. The van der Waals surface area contributed by atoms with Gasteiger partial charge in [0.1, 0.15) is 0 Å². The highest BCUT2D eigenvalue weighted by Crippen LogP contribution is 2.51. The van der Waals surface area contributed by atoms with E-state index < -0.39 is 0 Å². The van der Waals surface area contributed by atoms with E-state index in [4.69, 9.17) is 0 Å². The first-order valence-corrected chi connectivity index (χ1v) is 25.3. The van der Waals surface area contributed by atoms with Crippen molar-refractivity contribution in [3.8, 4) is 66.8 Å². The van der Waals surface area contributed by atoms with Gasteiger partial charge in [-0.3, -0.25) is 0 Å². The summed E-state index contributed by atoms with van der Waals surface area (Å²) >= 11 is 0. The lowest BCUT2D eigenvalue weighted by Gasteiger charge is -2.23. The van der Waals surface area contributed by atoms with Crippen molar-refractivity contribution in [1.29, 1.82) is 0 Å². The van der Waals surface area contributed by atoms with Crippen LogP contribution in [0, 0.1) is 6.92 Å². The van der Waals surface area contributed by atoms with Gasteiger partial charge in [-0.2, -0.15) is 0 Å². The van der Waals surface area contributed by atoms with E-state index in [9.17, 15) is 0 Å². The molecular weight excluding hydrogens is 877 g/mol. The lowest BCUT2D eigenvalue weighted by atomic mass is 9.80. The van der Waals surface area contributed by atoms with E-state index in [1.165, 1.54) is 137 Å². The maximum Gasteiger partial charge on any atom is -0.00139 e. The standard InChI is InChI=1S/C62H40.C11H10/c1-3-17-41(18-4-1)43-31-33-44(34-32-43)49-21-7-8-22-50(49)60-53-25-11-15-29-57(53)62(58-30-16-12-26-54(58)60)61-55-27-13-9-23-51(55)59(52-24-10-14-28-56(52)61)48-38-37-46-39-45(35-36-47(46)40-48)42-19-5-2-6-20-42;1-9-6-7-10-4-2-3-5-11(10)8-9/h1-40H;2-8H,1H3. The molecule has 14 aromatic carbocycles. The van der Waals surface area contributed by atoms with E-state index in [0.717, 1.165) is 0 Å². The Hall–Kier alpha value is -9.36. The summed E-state index contributed by atoms with van der Waals surface area (Å²) in [7, 11) is 0. The van der Waals surface area contributed by atoms with Gasteiger partial charge in [-0.1, -0.05) is 279 Å². The monoisotopic (exact) mass is 926 g/mol. The molecule has 0 radical (unpaired) electrons. The second-order valence-corrected chi connectivity index (χ2v) is 19.2. The van der Waals surface area contributed by atoms with E-state index in [2.05, 4.69) is 292 Å². The molecule has 0 amide bonds. The number of benzene rings is 14. The fraction of sp³-hybridized carbons (Fsp3) is 0.0137. The molecule has 0 N–H and O–H groups in total. The van der Waals surface area contributed by atoms with Gasteiger partial charge in [-0.05, 0) is 150 Å². The average molecular weight is 927 g/mol. The average Bonchev–Trinajstić information content (AvgIpc) is 3.46. The molecule has 0 aliphatic heterocycles. The van der Waals surface area contributed by atoms with Gasteiger partial charge in [0.2, 0.25) is 0 Å². The van der Waals surface area contributed by atoms with E-state index in [0.29, 0.717) is 0 Å². The number of aryl methyl sites for hydroxylation is 1. The zero-order chi connectivity index (χ0) is 48.7. The molecule has 14 rings (SSSR count). The van der Waals surface area contributed by atoms with Crippen molar-refractivity contribution in [2.24, 2.45) is 0 Å². The van der Waals surface area contributed by atoms with Gasteiger partial charge in [0.15, 0.2) is 0 Å². The Balaban J connectivity index is 0.000000415. The second kappa shape index (κ2) is 18.8. The van der Waals surface area contributed by atoms with Gasteiger partial charge >= 0.3 is 0 Å². The predicted octanol–water partition coefficient (Wildman–Crippen LogP) is 20.6. The van der Waals surface area contributed by atoms with Crippen molar-refractivity contribution in [3.63, 3.8) is 0 Å². The molecule has 0 nitrogen and oxygen atoms in total. The maximum atomic E-state index is 2.38. The molecule has 0 saturated carbocycles. The fourth-order valence-corrected chi connectivity index (χ4v) is 11.3. The molecule has 0 aromatic heterocycles. The molecule has 14 aromatic rings. The summed E-state index contributed by atoms with van der Waals surface area (Å²) in [6.45, 7) is 2.12. The summed E-state index contributed by atoms with van der Waals surface area (Å²) in [5, 5.41) is 15.1. The summed E-state index contributed by atoms with van der Waals surface area (Å²) in [5.74, 6) is 0. The normalized spacial score (nSPS) is 11.4. The van der Waals surface area contributed by atoms with Crippen LogP contribution in [0.15, 0.2) is 285 Å². The molecule has 0 heteroatoms. The van der Waals surface area contributed by atoms with Crippen LogP contribution in [0.4, 0.5) is 0 Å². The molecule has 342 valence electrons. The molecular formula is C73H50. The van der Waals surface area contributed by atoms with Crippen LogP contribution in [0.25, 0.3) is 131 Å². The Kier molecular flexibility index (Phi) is 11.2. The van der Waals surface area contributed by atoms with Crippen LogP contribution < -0.4 is 0 Å². The van der Waals surface area contributed by atoms with Crippen molar-refractivity contribution < 1.29 is 0 Å². The van der Waals surface area contributed by atoms with Crippen LogP contribution >= 0.6 is 0 Å². The van der Waals surface area contributed by atoms with Crippen molar-refractivity contribution in [2.75, 3.05) is 0 Å². The number of hydrogen-bond donors (Lipinski definition) is 0. The lowest BCUT2D eigenvalue weighted by molar-refractivity contribution is 1.51. The third kappa shape index (κ3) is 8.00. The summed E-state index contributed by atoms with van der Waals surface area (Å²) in [4.78, 5) is 0. The quantitative estimate of drug-likeness (QED) is 0.146. The first-order chi connectivity index (χ1) is 36.1. The summed E-state index contributed by atoms with van der Waals surface area (Å²) in [6.07, 6.45) is 0. The zero-order valence-electron chi connectivity index (χ0n) is 40.6. The van der Waals surface area contributed by atoms with Crippen molar-refractivity contribution in [2.45, 2.75) is 6.92 Å². The molecule has 0 atom stereocenters. The van der Waals surface area contributed by atoms with Crippen LogP contribution in [-0.4, -0.2) is 0 Å². The van der Waals surface area contributed by atoms with Gasteiger partial charge in [0.05, 0.1) is 0 Å². The zero-order valence-corrected chi connectivity index (χ0v) is 40.6. The van der Waals surface area contributed by atoms with Crippen LogP contribution in [0.5, 0.6) is 0 Å². The van der Waals surface area contributed by atoms with Gasteiger partial charge in [0.25, 0.3) is 0 Å². The minimum absolute atomic E-state index is 1.20. The largest absolute Gasteiger partial charge is 0.0622 e. The third-order valence-electron chi connectivity index (χ3n) is 14.8. The number of hydrogen-bond acceptors (Lipinski definition) is 0. The minimum Gasteiger partial charge on any atom is -0.0622 e. The topological polar surface area (TPSA) is 0 Å². The summed E-state index contributed by atoms with van der Waals surface area (Å²) in [6, 6.07) is 104. The molecule has 0 fully saturated rings. The van der Waals surface area contributed by atoms with Crippen LogP contribution in [0.1, 0.15) is 5.56 Å². The minimum atomic E-state index is 1.20. The Morgan fingerprint density at radius 2 is 0.507 bits per heavy atom. The molecule has 0 saturated heterocycles. The van der Waals surface area contributed by atoms with E-state index in [-0.39, 0.29) is 0 Å². The number of fused-ring (bicyclic) bond motifs is 6. The van der Waals surface area contributed by atoms with Gasteiger partial charge in [-0.15, -0.1) is 0 Å². The van der Waals surface area contributed by atoms with Gasteiger partial charge < -0.3 is 0 Å². The van der Waals surface area contributed by atoms with E-state index in [1.807, 2.05) is 0 Å². The van der Waals surface area contributed by atoms with Crippen LogP contribution in [-0.2, 0) is 0 Å². The Morgan fingerprint density at radius 1 is 0.178 bits per heavy atom. The predicted molar refractivity (Wildman–Crippen MR) is 315 cm³/mol. The highest BCUT2D eigenvalue weighted by atomic mass is 14.3. The third-order valence-corrected chi connectivity index (χ3v) is 14.8. The second-order valence-electron chi connectivity index (χ2n) is 19.2. The molecule has 0 heterocycles. The van der Waals surface area contributed by atoms with Gasteiger partial charge in [0, 0.05) is 0 Å². The summed E-state index contributed by atoms with van der Waals surface area (Å²) < 4.78 is 0. The SMILES string of the molecule is Cc1ccc2ccccc2c1.c1ccc(-c2ccc(-c3ccccc3-c3c4ccccc4c(-c4c5ccccc5c(-c5ccc6cc(-c7ccccc7)ccc6c5)c5ccccc45)c4ccccc34)cc2)cc1. The highest BCUT2D eigenvalue weighted by molar-refractivity contribution is 6.30. The van der Waals surface area contributed by atoms with E-state index >= 15 is 0 Å². The smallest absolute Gasteiger partial charge is 0.00139 e. The lowest BCUT2D eigenvalue weighted by Crippen LogP contribution is -1.95. The van der Waals surface area contributed by atoms with Crippen molar-refractivity contribution >= 4 is 64.6 Å². The fourth-order valence-electron chi connectivity index (χ4n) is 11.3. The molecule has 0 aliphatic rings. The number of rotatable bonds is 6. The van der Waals surface area contributed by atoms with Crippen molar-refractivity contribution in [1.82, 2.24) is 0 Å². The Labute approximate surface area is 426 Å². The Bertz CT molecular complexity index is 4240. The molecule has 0 aliphatic carbocycles. The molecule has 0 spiro atoms. The van der Waals surface area contributed by atoms with Crippen molar-refractivity contribution in [3.05, 3.63) is 291 Å². The first-order valence-electron chi connectivity index (χ1n) is 25.3. The first kappa shape index (κ1) is 43.6. The highest BCUT2D eigenvalue weighted by Gasteiger charge is 2.23. The maximum absolute atomic E-state index is 2.38. The van der Waals surface area contributed by atoms with Crippen LogP contribution in [0.3, 0.4) is 0 Å². The van der Waals surface area contributed by atoms with E-state index in [1.54, 1.807) is 0 Å². The van der Waals surface area contributed by atoms with Crippen LogP contribution in [0.2, 0.25) is 0 Å². The van der Waals surface area contributed by atoms with Gasteiger partial charge in [-0.25, -0.2) is 0 Å². The molecule has 0 unspecified atom stereocenters. The Morgan fingerprint density at radius 3 is 1.04 bits per heavy atom. The molecule has 0 bridgehead atoms.